The molecule has 0 fully saturated rings. The van der Waals surface area contributed by atoms with E-state index in [4.69, 9.17) is 4.98 Å². The van der Waals surface area contributed by atoms with E-state index in [1.165, 1.54) is 0 Å². The Labute approximate surface area is 154 Å². The van der Waals surface area contributed by atoms with Crippen LogP contribution in [0.2, 0.25) is 0 Å². The van der Waals surface area contributed by atoms with Crippen molar-refractivity contribution in [3.05, 3.63) is 79.0 Å². The molecule has 27 heavy (non-hydrogen) atoms. The Bertz CT molecular complexity index is 1230. The van der Waals surface area contributed by atoms with Crippen molar-refractivity contribution >= 4 is 22.4 Å². The van der Waals surface area contributed by atoms with Crippen LogP contribution in [-0.4, -0.2) is 29.5 Å². The van der Waals surface area contributed by atoms with Crippen LogP contribution in [0.15, 0.2) is 73.3 Å². The molecule has 7 heteroatoms. The fraction of sp³-hybridized carbons (Fsp3) is 0.0500. The van der Waals surface area contributed by atoms with Gasteiger partial charge in [-0.2, -0.15) is 5.10 Å². The molecule has 1 aromatic carbocycles. The molecule has 0 unspecified atom stereocenters. The molecule has 4 aromatic heterocycles. The molecule has 0 bridgehead atoms. The van der Waals surface area contributed by atoms with Crippen LogP contribution in [0.5, 0.6) is 0 Å². The van der Waals surface area contributed by atoms with Crippen LogP contribution in [0.4, 0.5) is 5.82 Å². The van der Waals surface area contributed by atoms with Crippen LogP contribution in [-0.2, 0) is 6.54 Å². The van der Waals surface area contributed by atoms with Gasteiger partial charge < -0.3 is 5.32 Å². The van der Waals surface area contributed by atoms with Gasteiger partial charge in [0.2, 0.25) is 0 Å². The van der Waals surface area contributed by atoms with Crippen molar-refractivity contribution in [1.29, 1.82) is 0 Å². The average Bonchev–Trinajstić information content (AvgIpc) is 3.22. The van der Waals surface area contributed by atoms with Crippen molar-refractivity contribution < 1.29 is 0 Å². The molecule has 1 N–H and O–H groups in total. The van der Waals surface area contributed by atoms with Crippen molar-refractivity contribution in [2.75, 3.05) is 5.32 Å². The topological polar surface area (TPSA) is 80.9 Å². The van der Waals surface area contributed by atoms with E-state index in [-0.39, 0.29) is 0 Å². The molecule has 0 spiro atoms. The highest BCUT2D eigenvalue weighted by Gasteiger charge is 2.10. The summed E-state index contributed by atoms with van der Waals surface area (Å²) in [6, 6.07) is 15.6. The fourth-order valence-electron chi connectivity index (χ4n) is 3.03. The number of benzene rings is 1. The summed E-state index contributed by atoms with van der Waals surface area (Å²) in [5, 5.41) is 8.74. The number of hydrogen-bond donors (Lipinski definition) is 1. The second kappa shape index (κ2) is 6.45. The van der Waals surface area contributed by atoms with Gasteiger partial charge in [0.15, 0.2) is 11.5 Å². The van der Waals surface area contributed by atoms with E-state index in [0.717, 1.165) is 33.6 Å². The minimum atomic E-state index is 0.564. The number of hydrogen-bond acceptors (Lipinski definition) is 6. The van der Waals surface area contributed by atoms with Crippen molar-refractivity contribution in [3.63, 3.8) is 0 Å². The largest absolute Gasteiger partial charge is 0.364 e. The van der Waals surface area contributed by atoms with Crippen LogP contribution < -0.4 is 5.32 Å². The Hall–Kier alpha value is -3.87. The summed E-state index contributed by atoms with van der Waals surface area (Å²) in [5.74, 6) is 1.42. The van der Waals surface area contributed by atoms with Gasteiger partial charge in [-0.1, -0.05) is 12.1 Å². The molecule has 7 nitrogen and oxygen atoms in total. The molecule has 0 aliphatic carbocycles. The Balaban J connectivity index is 1.56. The van der Waals surface area contributed by atoms with Crippen molar-refractivity contribution in [1.82, 2.24) is 29.5 Å². The molecule has 5 aromatic rings. The van der Waals surface area contributed by atoms with Gasteiger partial charge in [-0.05, 0) is 30.3 Å². The number of nitrogens with one attached hydrogen (secondary N) is 1. The Morgan fingerprint density at radius 3 is 2.78 bits per heavy atom. The van der Waals surface area contributed by atoms with Crippen molar-refractivity contribution in [2.45, 2.75) is 6.54 Å². The predicted molar refractivity (Wildman–Crippen MR) is 103 cm³/mol. The van der Waals surface area contributed by atoms with Crippen molar-refractivity contribution in [3.8, 4) is 11.4 Å². The van der Waals surface area contributed by atoms with E-state index in [9.17, 15) is 0 Å². The number of anilines is 1. The third-order valence-electron chi connectivity index (χ3n) is 4.33. The van der Waals surface area contributed by atoms with Gasteiger partial charge in [0, 0.05) is 35.6 Å². The van der Waals surface area contributed by atoms with Crippen LogP contribution in [0.25, 0.3) is 27.9 Å². The van der Waals surface area contributed by atoms with Crippen LogP contribution in [0.3, 0.4) is 0 Å². The summed E-state index contributed by atoms with van der Waals surface area (Å²) in [6.07, 6.45) is 7.03. The third-order valence-corrected chi connectivity index (χ3v) is 4.33. The van der Waals surface area contributed by atoms with Gasteiger partial charge in [-0.15, -0.1) is 0 Å². The van der Waals surface area contributed by atoms with Crippen LogP contribution in [0, 0.1) is 0 Å². The standard InChI is InChI=1S/C20H15N7/c1-2-6-17-16(5-1)20(26-19(25-17)14-4-3-9-21-12-14)23-13-15-7-10-22-18-8-11-24-27(15)18/h1-12H,13H2,(H,23,25,26). The molecular formula is C20H15N7. The Morgan fingerprint density at radius 2 is 1.85 bits per heavy atom. The lowest BCUT2D eigenvalue weighted by Gasteiger charge is -2.11. The summed E-state index contributed by atoms with van der Waals surface area (Å²) in [5.41, 5.74) is 3.58. The second-order valence-electron chi connectivity index (χ2n) is 6.05. The average molecular weight is 353 g/mol. The summed E-state index contributed by atoms with van der Waals surface area (Å²) in [6.45, 7) is 0.564. The Kier molecular flexibility index (Phi) is 3.68. The first-order valence-electron chi connectivity index (χ1n) is 8.57. The summed E-state index contributed by atoms with van der Waals surface area (Å²) in [4.78, 5) is 17.9. The Morgan fingerprint density at radius 1 is 0.889 bits per heavy atom. The number of aromatic nitrogens is 6. The summed E-state index contributed by atoms with van der Waals surface area (Å²) < 4.78 is 1.82. The number of fused-ring (bicyclic) bond motifs is 2. The van der Waals surface area contributed by atoms with E-state index >= 15 is 0 Å². The van der Waals surface area contributed by atoms with E-state index in [0.29, 0.717) is 12.4 Å². The predicted octanol–water partition coefficient (Wildman–Crippen LogP) is 3.35. The van der Waals surface area contributed by atoms with Crippen LogP contribution in [0.1, 0.15) is 5.69 Å². The maximum absolute atomic E-state index is 4.75. The SMILES string of the molecule is c1cncc(-c2nc(NCc3ccnc4ccnn34)c3ccccc3n2)c1. The van der Waals surface area contributed by atoms with Gasteiger partial charge in [-0.3, -0.25) is 4.98 Å². The van der Waals surface area contributed by atoms with E-state index in [2.05, 4.69) is 25.4 Å². The fourth-order valence-corrected chi connectivity index (χ4v) is 3.03. The molecule has 5 rings (SSSR count). The first kappa shape index (κ1) is 15.4. The molecule has 0 aliphatic rings. The molecule has 0 aliphatic heterocycles. The first-order valence-corrected chi connectivity index (χ1v) is 8.57. The highest BCUT2D eigenvalue weighted by Crippen LogP contribution is 2.24. The zero-order valence-corrected chi connectivity index (χ0v) is 14.3. The lowest BCUT2D eigenvalue weighted by atomic mass is 10.2. The maximum atomic E-state index is 4.75. The zero-order chi connectivity index (χ0) is 18.1. The molecule has 130 valence electrons. The molecule has 4 heterocycles. The van der Waals surface area contributed by atoms with E-state index < -0.39 is 0 Å². The van der Waals surface area contributed by atoms with Gasteiger partial charge in [0.1, 0.15) is 5.82 Å². The molecule has 0 atom stereocenters. The van der Waals surface area contributed by atoms with E-state index in [1.54, 1.807) is 24.8 Å². The summed E-state index contributed by atoms with van der Waals surface area (Å²) >= 11 is 0. The van der Waals surface area contributed by atoms with Gasteiger partial charge in [0.05, 0.1) is 24.0 Å². The van der Waals surface area contributed by atoms with Crippen LogP contribution >= 0.6 is 0 Å². The van der Waals surface area contributed by atoms with Gasteiger partial charge in [-0.25, -0.2) is 19.5 Å². The maximum Gasteiger partial charge on any atom is 0.163 e. The number of pyridine rings is 1. The lowest BCUT2D eigenvalue weighted by Crippen LogP contribution is -2.08. The molecule has 0 radical (unpaired) electrons. The smallest absolute Gasteiger partial charge is 0.163 e. The number of rotatable bonds is 4. The summed E-state index contributed by atoms with van der Waals surface area (Å²) in [7, 11) is 0. The normalized spacial score (nSPS) is 11.1. The third kappa shape index (κ3) is 2.85. The lowest BCUT2D eigenvalue weighted by molar-refractivity contribution is 0.852. The minimum Gasteiger partial charge on any atom is -0.364 e. The minimum absolute atomic E-state index is 0.564. The molecule has 0 saturated heterocycles. The molecular weight excluding hydrogens is 338 g/mol. The quantitative estimate of drug-likeness (QED) is 0.534. The second-order valence-corrected chi connectivity index (χ2v) is 6.05. The number of para-hydroxylation sites is 1. The highest BCUT2D eigenvalue weighted by molar-refractivity contribution is 5.90. The zero-order valence-electron chi connectivity index (χ0n) is 14.3. The highest BCUT2D eigenvalue weighted by atomic mass is 15.3. The van der Waals surface area contributed by atoms with E-state index in [1.807, 2.05) is 53.0 Å². The molecule has 0 amide bonds. The van der Waals surface area contributed by atoms with Gasteiger partial charge >= 0.3 is 0 Å². The first-order chi connectivity index (χ1) is 13.4. The monoisotopic (exact) mass is 353 g/mol. The molecule has 0 saturated carbocycles. The van der Waals surface area contributed by atoms with Crippen molar-refractivity contribution in [2.24, 2.45) is 0 Å². The van der Waals surface area contributed by atoms with Gasteiger partial charge in [0.25, 0.3) is 0 Å². The number of nitrogens with zero attached hydrogens (tertiary/aromatic N) is 6.